The summed E-state index contributed by atoms with van der Waals surface area (Å²) < 4.78 is 37.3. The van der Waals surface area contributed by atoms with Crippen LogP contribution in [0.3, 0.4) is 0 Å². The summed E-state index contributed by atoms with van der Waals surface area (Å²) in [5.74, 6) is -2.42. The quantitative estimate of drug-likeness (QED) is 0.929. The smallest absolute Gasteiger partial charge is 0.416 e. The maximum absolute atomic E-state index is 12.4. The molecule has 2 atom stereocenters. The normalized spacial score (nSPS) is 21.0. The van der Waals surface area contributed by atoms with E-state index in [1.54, 1.807) is 0 Å². The Kier molecular flexibility index (Phi) is 3.93. The van der Waals surface area contributed by atoms with E-state index in [2.05, 4.69) is 0 Å². The predicted molar refractivity (Wildman–Crippen MR) is 67.2 cm³/mol. The average molecular weight is 301 g/mol. The van der Waals surface area contributed by atoms with Crippen LogP contribution < -0.4 is 0 Å². The van der Waals surface area contributed by atoms with E-state index in [9.17, 15) is 22.8 Å². The van der Waals surface area contributed by atoms with Gasteiger partial charge in [-0.25, -0.2) is 0 Å². The lowest BCUT2D eigenvalue weighted by Crippen LogP contribution is -2.28. The van der Waals surface area contributed by atoms with Crippen LogP contribution in [-0.4, -0.2) is 28.9 Å². The van der Waals surface area contributed by atoms with Crippen LogP contribution in [0.15, 0.2) is 24.3 Å². The molecule has 2 unspecified atom stereocenters. The standard InChI is InChI=1S/C14H14F3NO3/c1-18(12(19)10-6-11(10)13(20)21)7-8-2-4-9(5-3-8)14(15,16)17/h2-5,10-11H,6-7H2,1H3,(H,20,21). The topological polar surface area (TPSA) is 57.6 Å². The molecule has 0 aliphatic heterocycles. The molecule has 1 amide bonds. The van der Waals surface area contributed by atoms with Crippen molar-refractivity contribution in [3.63, 3.8) is 0 Å². The largest absolute Gasteiger partial charge is 0.481 e. The molecule has 1 N–H and O–H groups in total. The van der Waals surface area contributed by atoms with Gasteiger partial charge in [0, 0.05) is 13.6 Å². The number of hydrogen-bond donors (Lipinski definition) is 1. The monoisotopic (exact) mass is 301 g/mol. The van der Waals surface area contributed by atoms with Crippen LogP contribution in [-0.2, 0) is 22.3 Å². The van der Waals surface area contributed by atoms with Crippen LogP contribution in [0.4, 0.5) is 13.2 Å². The van der Waals surface area contributed by atoms with Gasteiger partial charge in [0.25, 0.3) is 0 Å². The average Bonchev–Trinajstić information content (AvgIpc) is 3.17. The molecule has 0 heterocycles. The fourth-order valence-electron chi connectivity index (χ4n) is 2.17. The number of hydrogen-bond acceptors (Lipinski definition) is 2. The molecule has 0 spiro atoms. The lowest BCUT2D eigenvalue weighted by atomic mass is 10.1. The Balaban J connectivity index is 1.95. The molecule has 1 aliphatic rings. The molecule has 1 saturated carbocycles. The second-order valence-corrected chi connectivity index (χ2v) is 5.18. The minimum absolute atomic E-state index is 0.153. The van der Waals surface area contributed by atoms with E-state index in [1.165, 1.54) is 24.1 Å². The van der Waals surface area contributed by atoms with E-state index in [-0.39, 0.29) is 12.5 Å². The maximum Gasteiger partial charge on any atom is 0.416 e. The molecule has 21 heavy (non-hydrogen) atoms. The maximum atomic E-state index is 12.4. The van der Waals surface area contributed by atoms with Crippen molar-refractivity contribution in [2.24, 2.45) is 11.8 Å². The number of halogens is 3. The molecule has 1 aromatic rings. The molecule has 1 fully saturated rings. The number of carboxylic acid groups (broad SMARTS) is 1. The molecule has 7 heteroatoms. The van der Waals surface area contributed by atoms with Gasteiger partial charge >= 0.3 is 12.1 Å². The zero-order valence-corrected chi connectivity index (χ0v) is 11.2. The third-order valence-corrected chi connectivity index (χ3v) is 3.50. The Bertz CT molecular complexity index is 554. The number of rotatable bonds is 4. The number of carboxylic acids is 1. The zero-order chi connectivity index (χ0) is 15.8. The summed E-state index contributed by atoms with van der Waals surface area (Å²) in [5.41, 5.74) is -0.181. The highest BCUT2D eigenvalue weighted by Crippen LogP contribution is 2.40. The van der Waals surface area contributed by atoms with Gasteiger partial charge in [-0.2, -0.15) is 13.2 Å². The second-order valence-electron chi connectivity index (χ2n) is 5.18. The van der Waals surface area contributed by atoms with Crippen LogP contribution in [0.1, 0.15) is 17.5 Å². The summed E-state index contributed by atoms with van der Waals surface area (Å²) in [5, 5.41) is 8.77. The molecular weight excluding hydrogens is 287 g/mol. The number of carbonyl (C=O) groups is 2. The molecule has 2 rings (SSSR count). The fourth-order valence-corrected chi connectivity index (χ4v) is 2.17. The molecule has 4 nitrogen and oxygen atoms in total. The summed E-state index contributed by atoms with van der Waals surface area (Å²) in [6, 6.07) is 4.55. The van der Waals surface area contributed by atoms with Crippen molar-refractivity contribution < 1.29 is 27.9 Å². The van der Waals surface area contributed by atoms with Gasteiger partial charge in [-0.05, 0) is 24.1 Å². The summed E-state index contributed by atoms with van der Waals surface area (Å²) in [6.07, 6.45) is -4.06. The Morgan fingerprint density at radius 3 is 2.24 bits per heavy atom. The first-order valence-corrected chi connectivity index (χ1v) is 6.34. The van der Waals surface area contributed by atoms with E-state index in [1.807, 2.05) is 0 Å². The minimum atomic E-state index is -4.39. The molecule has 1 aliphatic carbocycles. The predicted octanol–water partition coefficient (Wildman–Crippen LogP) is 2.38. The number of alkyl halides is 3. The molecule has 0 saturated heterocycles. The van der Waals surface area contributed by atoms with E-state index in [0.29, 0.717) is 12.0 Å². The number of carbonyl (C=O) groups excluding carboxylic acids is 1. The number of benzene rings is 1. The van der Waals surface area contributed by atoms with Crippen LogP contribution in [0.25, 0.3) is 0 Å². The van der Waals surface area contributed by atoms with Crippen molar-refractivity contribution in [3.8, 4) is 0 Å². The molecule has 0 aromatic heterocycles. The summed E-state index contributed by atoms with van der Waals surface area (Å²) in [7, 11) is 1.51. The van der Waals surface area contributed by atoms with E-state index >= 15 is 0 Å². The first kappa shape index (κ1) is 15.3. The first-order chi connectivity index (χ1) is 9.70. The molecule has 114 valence electrons. The van der Waals surface area contributed by atoms with Crippen molar-refractivity contribution in [2.75, 3.05) is 7.05 Å². The van der Waals surface area contributed by atoms with Crippen molar-refractivity contribution in [1.82, 2.24) is 4.90 Å². The van der Waals surface area contributed by atoms with Gasteiger partial charge in [0.2, 0.25) is 5.91 Å². The molecule has 0 bridgehead atoms. The zero-order valence-electron chi connectivity index (χ0n) is 11.2. The van der Waals surface area contributed by atoms with Crippen LogP contribution in [0, 0.1) is 11.8 Å². The van der Waals surface area contributed by atoms with Crippen molar-refractivity contribution >= 4 is 11.9 Å². The molecule has 0 radical (unpaired) electrons. The van der Waals surface area contributed by atoms with E-state index in [4.69, 9.17) is 5.11 Å². The highest BCUT2D eigenvalue weighted by molar-refractivity contribution is 5.89. The van der Waals surface area contributed by atoms with Crippen LogP contribution in [0.5, 0.6) is 0 Å². The third-order valence-electron chi connectivity index (χ3n) is 3.50. The van der Waals surface area contributed by atoms with Gasteiger partial charge in [-0.3, -0.25) is 9.59 Å². The first-order valence-electron chi connectivity index (χ1n) is 6.34. The van der Waals surface area contributed by atoms with Gasteiger partial charge in [-0.1, -0.05) is 12.1 Å². The van der Waals surface area contributed by atoms with E-state index < -0.39 is 29.5 Å². The SMILES string of the molecule is CN(Cc1ccc(C(F)(F)F)cc1)C(=O)C1CC1C(=O)O. The number of aliphatic carboxylic acids is 1. The van der Waals surface area contributed by atoms with Gasteiger partial charge in [-0.15, -0.1) is 0 Å². The van der Waals surface area contributed by atoms with Gasteiger partial charge in [0.15, 0.2) is 0 Å². The van der Waals surface area contributed by atoms with E-state index in [0.717, 1.165) is 12.1 Å². The van der Waals surface area contributed by atoms with Crippen LogP contribution >= 0.6 is 0 Å². The van der Waals surface area contributed by atoms with Crippen molar-refractivity contribution in [3.05, 3.63) is 35.4 Å². The molecule has 1 aromatic carbocycles. The van der Waals surface area contributed by atoms with Gasteiger partial charge < -0.3 is 10.0 Å². The summed E-state index contributed by atoms with van der Waals surface area (Å²) in [4.78, 5) is 24.0. The van der Waals surface area contributed by atoms with Crippen molar-refractivity contribution in [1.29, 1.82) is 0 Å². The Morgan fingerprint density at radius 2 is 1.81 bits per heavy atom. The lowest BCUT2D eigenvalue weighted by Gasteiger charge is -2.17. The second kappa shape index (κ2) is 5.38. The number of amides is 1. The Hall–Kier alpha value is -2.05. The minimum Gasteiger partial charge on any atom is -0.481 e. The highest BCUT2D eigenvalue weighted by atomic mass is 19.4. The summed E-state index contributed by atoms with van der Waals surface area (Å²) >= 11 is 0. The Labute approximate surface area is 119 Å². The summed E-state index contributed by atoms with van der Waals surface area (Å²) in [6.45, 7) is 0.153. The van der Waals surface area contributed by atoms with Crippen LogP contribution in [0.2, 0.25) is 0 Å². The fraction of sp³-hybridized carbons (Fsp3) is 0.429. The van der Waals surface area contributed by atoms with Crippen molar-refractivity contribution in [2.45, 2.75) is 19.1 Å². The Morgan fingerprint density at radius 1 is 1.24 bits per heavy atom. The number of nitrogens with zero attached hydrogens (tertiary/aromatic N) is 1. The highest BCUT2D eigenvalue weighted by Gasteiger charge is 2.49. The lowest BCUT2D eigenvalue weighted by molar-refractivity contribution is -0.141. The third kappa shape index (κ3) is 3.53. The molecular formula is C14H14F3NO3. The van der Waals surface area contributed by atoms with Gasteiger partial charge in [0.05, 0.1) is 17.4 Å². The van der Waals surface area contributed by atoms with Gasteiger partial charge in [0.1, 0.15) is 0 Å².